The highest BCUT2D eigenvalue weighted by Crippen LogP contribution is 2.20. The fraction of sp³-hybridized carbons (Fsp3) is 0.136. The van der Waals surface area contributed by atoms with Crippen molar-refractivity contribution in [1.82, 2.24) is 0 Å². The molecule has 150 valence electrons. The molecule has 3 aromatic rings. The number of carbonyl (C=O) groups excluding carboxylic acids is 1. The van der Waals surface area contributed by atoms with E-state index in [1.807, 2.05) is 13.8 Å². The van der Waals surface area contributed by atoms with Gasteiger partial charge in [-0.15, -0.1) is 0 Å². The van der Waals surface area contributed by atoms with E-state index in [2.05, 4.69) is 10.0 Å². The Bertz CT molecular complexity index is 1080. The first-order valence-electron chi connectivity index (χ1n) is 9.09. The monoisotopic (exact) mass is 410 g/mol. The van der Waals surface area contributed by atoms with Gasteiger partial charge in [-0.25, -0.2) is 8.42 Å². The Morgan fingerprint density at radius 2 is 1.55 bits per heavy atom. The summed E-state index contributed by atoms with van der Waals surface area (Å²) in [4.78, 5) is 12.6. The first-order chi connectivity index (χ1) is 13.8. The second kappa shape index (κ2) is 8.79. The lowest BCUT2D eigenvalue weighted by molar-refractivity contribution is 0.102. The third kappa shape index (κ3) is 5.58. The number of benzene rings is 3. The van der Waals surface area contributed by atoms with E-state index in [1.165, 1.54) is 12.1 Å². The lowest BCUT2D eigenvalue weighted by atomic mass is 10.2. The van der Waals surface area contributed by atoms with Gasteiger partial charge in [0.15, 0.2) is 0 Å². The van der Waals surface area contributed by atoms with E-state index in [4.69, 9.17) is 4.74 Å². The van der Waals surface area contributed by atoms with Crippen LogP contribution in [0.15, 0.2) is 83.8 Å². The number of carbonyl (C=O) groups is 1. The molecule has 0 atom stereocenters. The highest BCUT2D eigenvalue weighted by Gasteiger charge is 2.14. The summed E-state index contributed by atoms with van der Waals surface area (Å²) in [7, 11) is -3.71. The Kier molecular flexibility index (Phi) is 6.19. The van der Waals surface area contributed by atoms with Crippen LogP contribution in [-0.4, -0.2) is 20.4 Å². The number of rotatable bonds is 7. The van der Waals surface area contributed by atoms with Crippen LogP contribution >= 0.6 is 0 Å². The van der Waals surface area contributed by atoms with Crippen LogP contribution < -0.4 is 14.8 Å². The van der Waals surface area contributed by atoms with Crippen molar-refractivity contribution in [1.29, 1.82) is 0 Å². The number of nitrogens with one attached hydrogen (secondary N) is 2. The number of sulfonamides is 1. The van der Waals surface area contributed by atoms with Crippen molar-refractivity contribution in [3.63, 3.8) is 0 Å². The number of hydrogen-bond donors (Lipinski definition) is 2. The Labute approximate surface area is 170 Å². The minimum Gasteiger partial charge on any atom is -0.491 e. The minimum absolute atomic E-state index is 0.00676. The maximum absolute atomic E-state index is 12.5. The Balaban J connectivity index is 1.70. The minimum atomic E-state index is -3.71. The largest absolute Gasteiger partial charge is 0.491 e. The summed E-state index contributed by atoms with van der Waals surface area (Å²) < 4.78 is 33.1. The van der Waals surface area contributed by atoms with Gasteiger partial charge < -0.3 is 10.1 Å². The lowest BCUT2D eigenvalue weighted by Crippen LogP contribution is -2.14. The molecule has 2 N–H and O–H groups in total. The van der Waals surface area contributed by atoms with Gasteiger partial charge in [0.1, 0.15) is 5.75 Å². The number of para-hydroxylation sites is 1. The molecule has 7 heteroatoms. The third-order valence-corrected chi connectivity index (χ3v) is 5.31. The van der Waals surface area contributed by atoms with Crippen LogP contribution in [-0.2, 0) is 10.0 Å². The fourth-order valence-corrected chi connectivity index (χ4v) is 3.68. The molecule has 0 saturated carbocycles. The quantitative estimate of drug-likeness (QED) is 0.599. The van der Waals surface area contributed by atoms with Crippen molar-refractivity contribution in [2.24, 2.45) is 0 Å². The Morgan fingerprint density at radius 3 is 2.21 bits per heavy atom. The first kappa shape index (κ1) is 20.4. The molecule has 0 unspecified atom stereocenters. The second-order valence-electron chi connectivity index (χ2n) is 6.64. The summed E-state index contributed by atoms with van der Waals surface area (Å²) in [5, 5.41) is 2.76. The van der Waals surface area contributed by atoms with Gasteiger partial charge in [0.25, 0.3) is 15.9 Å². The zero-order chi connectivity index (χ0) is 20.9. The average molecular weight is 410 g/mol. The maximum atomic E-state index is 12.5. The second-order valence-corrected chi connectivity index (χ2v) is 8.33. The summed E-state index contributed by atoms with van der Waals surface area (Å²) >= 11 is 0. The Hall–Kier alpha value is -3.32. The molecule has 0 spiro atoms. The van der Waals surface area contributed by atoms with Gasteiger partial charge in [0.05, 0.1) is 11.0 Å². The molecule has 3 rings (SSSR count). The molecule has 0 aromatic heterocycles. The predicted octanol–water partition coefficient (Wildman–Crippen LogP) is 4.53. The molecular weight excluding hydrogens is 388 g/mol. The Morgan fingerprint density at radius 1 is 0.862 bits per heavy atom. The van der Waals surface area contributed by atoms with E-state index < -0.39 is 10.0 Å². The molecule has 29 heavy (non-hydrogen) atoms. The molecule has 0 bridgehead atoms. The van der Waals surface area contributed by atoms with Crippen LogP contribution in [0.3, 0.4) is 0 Å². The van der Waals surface area contributed by atoms with Crippen molar-refractivity contribution in [3.05, 3.63) is 84.4 Å². The number of ether oxygens (including phenoxy) is 1. The molecule has 0 heterocycles. The van der Waals surface area contributed by atoms with Crippen molar-refractivity contribution >= 4 is 27.3 Å². The number of hydrogen-bond acceptors (Lipinski definition) is 4. The van der Waals surface area contributed by atoms with Crippen LogP contribution in [0.25, 0.3) is 0 Å². The van der Waals surface area contributed by atoms with Crippen LogP contribution in [0.4, 0.5) is 11.4 Å². The predicted molar refractivity (Wildman–Crippen MR) is 114 cm³/mol. The summed E-state index contributed by atoms with van der Waals surface area (Å²) in [6, 6.07) is 21.5. The van der Waals surface area contributed by atoms with E-state index in [0.29, 0.717) is 22.7 Å². The van der Waals surface area contributed by atoms with Crippen LogP contribution in [0.5, 0.6) is 5.75 Å². The van der Waals surface area contributed by atoms with Gasteiger partial charge in [-0.3, -0.25) is 9.52 Å². The maximum Gasteiger partial charge on any atom is 0.261 e. The van der Waals surface area contributed by atoms with Crippen molar-refractivity contribution < 1.29 is 17.9 Å². The third-order valence-electron chi connectivity index (χ3n) is 3.92. The summed E-state index contributed by atoms with van der Waals surface area (Å²) in [6.07, 6.45) is 0.00676. The summed E-state index contributed by atoms with van der Waals surface area (Å²) in [5.41, 5.74) is 1.42. The molecule has 0 aliphatic carbocycles. The van der Waals surface area contributed by atoms with E-state index >= 15 is 0 Å². The van der Waals surface area contributed by atoms with Crippen LogP contribution in [0.2, 0.25) is 0 Å². The molecule has 0 aliphatic heterocycles. The van der Waals surface area contributed by atoms with Gasteiger partial charge in [-0.1, -0.05) is 24.3 Å². The molecule has 1 amide bonds. The summed E-state index contributed by atoms with van der Waals surface area (Å²) in [5.74, 6) is 0.304. The van der Waals surface area contributed by atoms with Crippen molar-refractivity contribution in [3.8, 4) is 5.75 Å². The van der Waals surface area contributed by atoms with Gasteiger partial charge >= 0.3 is 0 Å². The van der Waals surface area contributed by atoms with E-state index in [-0.39, 0.29) is 16.9 Å². The van der Waals surface area contributed by atoms with E-state index in [0.717, 1.165) is 0 Å². The lowest BCUT2D eigenvalue weighted by Gasteiger charge is -2.11. The van der Waals surface area contributed by atoms with Crippen molar-refractivity contribution in [2.75, 3.05) is 10.0 Å². The zero-order valence-corrected chi connectivity index (χ0v) is 16.9. The van der Waals surface area contributed by atoms with E-state index in [9.17, 15) is 13.2 Å². The first-order valence-corrected chi connectivity index (χ1v) is 10.6. The molecule has 0 aliphatic rings. The van der Waals surface area contributed by atoms with Crippen LogP contribution in [0.1, 0.15) is 24.2 Å². The van der Waals surface area contributed by atoms with Gasteiger partial charge in [-0.05, 0) is 68.4 Å². The van der Waals surface area contributed by atoms with Crippen molar-refractivity contribution in [2.45, 2.75) is 24.8 Å². The molecule has 0 radical (unpaired) electrons. The average Bonchev–Trinajstić information content (AvgIpc) is 2.68. The molecule has 0 saturated heterocycles. The molecule has 6 nitrogen and oxygen atoms in total. The van der Waals surface area contributed by atoms with Crippen LogP contribution in [0, 0.1) is 0 Å². The topological polar surface area (TPSA) is 84.5 Å². The highest BCUT2D eigenvalue weighted by molar-refractivity contribution is 7.92. The molecular formula is C22H22N2O4S. The SMILES string of the molecule is CC(C)Oc1cccc(C(=O)Nc2ccc(S(=O)(=O)Nc3ccccc3)cc2)c1. The van der Waals surface area contributed by atoms with Gasteiger partial charge in [0, 0.05) is 16.9 Å². The fourth-order valence-electron chi connectivity index (χ4n) is 2.62. The standard InChI is InChI=1S/C22H22N2O4S/c1-16(2)28-20-10-6-7-17(15-20)22(25)23-18-11-13-21(14-12-18)29(26,27)24-19-8-4-3-5-9-19/h3-16,24H,1-2H3,(H,23,25). The van der Waals surface area contributed by atoms with Gasteiger partial charge in [0.2, 0.25) is 0 Å². The van der Waals surface area contributed by atoms with Gasteiger partial charge in [-0.2, -0.15) is 0 Å². The zero-order valence-electron chi connectivity index (χ0n) is 16.1. The molecule has 3 aromatic carbocycles. The number of amides is 1. The smallest absolute Gasteiger partial charge is 0.261 e. The highest BCUT2D eigenvalue weighted by atomic mass is 32.2. The molecule has 0 fully saturated rings. The van der Waals surface area contributed by atoms with E-state index in [1.54, 1.807) is 66.7 Å². The summed E-state index contributed by atoms with van der Waals surface area (Å²) in [6.45, 7) is 3.82. The normalized spacial score (nSPS) is 11.1. The number of anilines is 2.